The van der Waals surface area contributed by atoms with E-state index in [1.54, 1.807) is 6.92 Å². The van der Waals surface area contributed by atoms with E-state index >= 15 is 0 Å². The van der Waals surface area contributed by atoms with Gasteiger partial charge in [0.2, 0.25) is 0 Å². The molecule has 10 atom stereocenters. The molecule has 0 heterocycles. The summed E-state index contributed by atoms with van der Waals surface area (Å²) in [6.45, 7) is 17.2. The van der Waals surface area contributed by atoms with Gasteiger partial charge in [-0.2, -0.15) is 0 Å². The Bertz CT molecular complexity index is 941. The zero-order valence-corrected chi connectivity index (χ0v) is 24.7. The second-order valence-electron chi connectivity index (χ2n) is 14.5. The van der Waals surface area contributed by atoms with Crippen molar-refractivity contribution in [3.63, 3.8) is 0 Å². The van der Waals surface area contributed by atoms with Crippen LogP contribution in [0.2, 0.25) is 0 Å². The summed E-state index contributed by atoms with van der Waals surface area (Å²) in [6.07, 6.45) is 7.97. The van der Waals surface area contributed by atoms with Crippen LogP contribution in [0.3, 0.4) is 0 Å². The summed E-state index contributed by atoms with van der Waals surface area (Å²) >= 11 is 0. The van der Waals surface area contributed by atoms with Crippen molar-refractivity contribution in [2.45, 2.75) is 131 Å². The smallest absolute Gasteiger partial charge is 0.303 e. The van der Waals surface area contributed by atoms with Crippen molar-refractivity contribution in [1.82, 2.24) is 0 Å². The molecule has 5 nitrogen and oxygen atoms in total. The van der Waals surface area contributed by atoms with Gasteiger partial charge in [0.1, 0.15) is 6.10 Å². The van der Waals surface area contributed by atoms with Crippen molar-refractivity contribution >= 4 is 11.8 Å². The molecule has 5 heteroatoms. The van der Waals surface area contributed by atoms with Crippen LogP contribution in [0.5, 0.6) is 0 Å². The molecular weight excluding hydrogens is 462 g/mol. The first-order valence-corrected chi connectivity index (χ1v) is 15.0. The standard InChI is InChI=1S/C32H53NO4/c1-18(2)10-9-11-22(20(4)34)28-26(37-21(5)35)17-32(8)29(28)24(33)16-27-30(6)14-13-25(36)19(3)23(30)12-15-31(27,32)7/h18-19,23-27,29,36H,9-17,33H2,1-8H3/b28-22+/t19-,23-,24+,25+,26-,27-,29-,30-,31-,32-/m0/s1. The number of ketones is 1. The van der Waals surface area contributed by atoms with E-state index in [4.69, 9.17) is 10.5 Å². The van der Waals surface area contributed by atoms with Crippen LogP contribution in [0.4, 0.5) is 0 Å². The molecule has 0 radical (unpaired) electrons. The van der Waals surface area contributed by atoms with Crippen LogP contribution in [0.25, 0.3) is 0 Å². The monoisotopic (exact) mass is 515 g/mol. The summed E-state index contributed by atoms with van der Waals surface area (Å²) in [5.41, 5.74) is 9.10. The Balaban J connectivity index is 1.80. The molecule has 0 amide bonds. The van der Waals surface area contributed by atoms with E-state index in [0.717, 1.165) is 68.9 Å². The second kappa shape index (κ2) is 10.1. The van der Waals surface area contributed by atoms with Crippen molar-refractivity contribution in [2.75, 3.05) is 0 Å². The molecule has 3 N–H and O–H groups in total. The summed E-state index contributed by atoms with van der Waals surface area (Å²) in [6, 6.07) is -0.0733. The molecule has 0 unspecified atom stereocenters. The van der Waals surface area contributed by atoms with Crippen LogP contribution in [0.15, 0.2) is 11.1 Å². The number of aliphatic hydroxyl groups is 1. The Morgan fingerprint density at radius 1 is 1.11 bits per heavy atom. The van der Waals surface area contributed by atoms with Crippen molar-refractivity contribution in [1.29, 1.82) is 0 Å². The molecule has 37 heavy (non-hydrogen) atoms. The number of hydrogen-bond donors (Lipinski definition) is 2. The number of esters is 1. The Morgan fingerprint density at radius 3 is 2.38 bits per heavy atom. The fourth-order valence-corrected chi connectivity index (χ4v) is 10.1. The number of aliphatic hydroxyl groups excluding tert-OH is 1. The number of carbonyl (C=O) groups excluding carboxylic acids is 2. The molecule has 4 saturated carbocycles. The molecule has 210 valence electrons. The normalized spacial score (nSPS) is 46.6. The maximum absolute atomic E-state index is 13.1. The van der Waals surface area contributed by atoms with Crippen molar-refractivity contribution in [3.05, 3.63) is 11.1 Å². The van der Waals surface area contributed by atoms with E-state index < -0.39 is 0 Å². The first kappa shape index (κ1) is 28.8. The number of nitrogens with two attached hydrogens (primary N) is 1. The molecule has 0 aromatic carbocycles. The van der Waals surface area contributed by atoms with Gasteiger partial charge in [-0.1, -0.05) is 48.0 Å². The summed E-state index contributed by atoms with van der Waals surface area (Å²) in [5, 5.41) is 10.7. The minimum atomic E-state index is -0.371. The highest BCUT2D eigenvalue weighted by molar-refractivity contribution is 5.94. The van der Waals surface area contributed by atoms with Gasteiger partial charge < -0.3 is 15.6 Å². The zero-order valence-electron chi connectivity index (χ0n) is 24.7. The van der Waals surface area contributed by atoms with E-state index in [2.05, 4.69) is 41.5 Å². The molecule has 4 rings (SSSR count). The summed E-state index contributed by atoms with van der Waals surface area (Å²) < 4.78 is 6.04. The van der Waals surface area contributed by atoms with Gasteiger partial charge in [-0.05, 0) is 109 Å². The van der Waals surface area contributed by atoms with E-state index in [9.17, 15) is 14.7 Å². The highest BCUT2D eigenvalue weighted by atomic mass is 16.5. The van der Waals surface area contributed by atoms with Gasteiger partial charge in [0.25, 0.3) is 0 Å². The van der Waals surface area contributed by atoms with Crippen LogP contribution in [-0.4, -0.2) is 35.1 Å². The lowest BCUT2D eigenvalue weighted by Crippen LogP contribution is -2.65. The largest absolute Gasteiger partial charge is 0.458 e. The quantitative estimate of drug-likeness (QED) is 0.324. The third-order valence-electron chi connectivity index (χ3n) is 12.1. The topological polar surface area (TPSA) is 89.6 Å². The summed E-state index contributed by atoms with van der Waals surface area (Å²) in [7, 11) is 0. The molecule has 4 aliphatic carbocycles. The number of hydrogen-bond acceptors (Lipinski definition) is 5. The maximum Gasteiger partial charge on any atom is 0.303 e. The molecule has 0 aromatic heterocycles. The fourth-order valence-electron chi connectivity index (χ4n) is 10.1. The average Bonchev–Trinajstić information content (AvgIpc) is 3.08. The van der Waals surface area contributed by atoms with E-state index in [1.807, 2.05) is 0 Å². The minimum absolute atomic E-state index is 0.0286. The summed E-state index contributed by atoms with van der Waals surface area (Å²) in [4.78, 5) is 25.4. The average molecular weight is 516 g/mol. The number of allylic oxidation sites excluding steroid dienone is 1. The van der Waals surface area contributed by atoms with Gasteiger partial charge in [-0.25, -0.2) is 0 Å². The van der Waals surface area contributed by atoms with Gasteiger partial charge in [0.15, 0.2) is 5.78 Å². The molecule has 0 saturated heterocycles. The molecule has 0 aromatic rings. The van der Waals surface area contributed by atoms with Gasteiger partial charge in [-0.3, -0.25) is 9.59 Å². The lowest BCUT2D eigenvalue weighted by Gasteiger charge is -2.68. The Morgan fingerprint density at radius 2 is 1.78 bits per heavy atom. The van der Waals surface area contributed by atoms with E-state index in [1.165, 1.54) is 6.92 Å². The fraction of sp³-hybridized carbons (Fsp3) is 0.875. The number of ether oxygens (including phenoxy) is 1. The third-order valence-corrected chi connectivity index (χ3v) is 12.1. The van der Waals surface area contributed by atoms with Crippen LogP contribution >= 0.6 is 0 Å². The Labute approximate surface area is 225 Å². The molecule has 0 aliphatic heterocycles. The Hall–Kier alpha value is -1.20. The van der Waals surface area contributed by atoms with Crippen molar-refractivity contribution < 1.29 is 19.4 Å². The van der Waals surface area contributed by atoms with Gasteiger partial charge in [0.05, 0.1) is 6.10 Å². The number of carbonyl (C=O) groups is 2. The predicted octanol–water partition coefficient (Wildman–Crippen LogP) is 6.22. The molecular formula is C32H53NO4. The number of fused-ring (bicyclic) bond motifs is 5. The van der Waals surface area contributed by atoms with Crippen LogP contribution < -0.4 is 5.73 Å². The SMILES string of the molecule is CC(=O)O[C@H]1C[C@@]2(C)[C@H](/C1=C(\CCCC(C)C)C(C)=O)[C@H](N)C[C@H]1[C@@]3(C)CC[C@@H](O)[C@@H](C)[C@@H]3CC[C@@]12C. The summed E-state index contributed by atoms with van der Waals surface area (Å²) in [5.74, 6) is 1.71. The highest BCUT2D eigenvalue weighted by Crippen LogP contribution is 2.74. The van der Waals surface area contributed by atoms with Crippen LogP contribution in [0, 0.1) is 45.8 Å². The number of Topliss-reactive ketones (excluding diaryl/α,β-unsaturated/α-hetero) is 1. The minimum Gasteiger partial charge on any atom is -0.458 e. The van der Waals surface area contributed by atoms with Crippen molar-refractivity contribution in [3.8, 4) is 0 Å². The van der Waals surface area contributed by atoms with Crippen LogP contribution in [0.1, 0.15) is 113 Å². The molecule has 4 fully saturated rings. The van der Waals surface area contributed by atoms with E-state index in [-0.39, 0.29) is 52.2 Å². The van der Waals surface area contributed by atoms with Gasteiger partial charge >= 0.3 is 5.97 Å². The zero-order chi connectivity index (χ0) is 27.5. The van der Waals surface area contributed by atoms with Gasteiger partial charge in [0, 0.05) is 18.9 Å². The van der Waals surface area contributed by atoms with Gasteiger partial charge in [-0.15, -0.1) is 0 Å². The van der Waals surface area contributed by atoms with E-state index in [0.29, 0.717) is 23.7 Å². The molecule has 4 aliphatic rings. The maximum atomic E-state index is 13.1. The first-order valence-electron chi connectivity index (χ1n) is 15.0. The number of rotatable bonds is 6. The van der Waals surface area contributed by atoms with Crippen molar-refractivity contribution in [2.24, 2.45) is 51.6 Å². The third kappa shape index (κ3) is 4.54. The molecule has 0 bridgehead atoms. The predicted molar refractivity (Wildman–Crippen MR) is 148 cm³/mol. The lowest BCUT2D eigenvalue weighted by molar-refractivity contribution is -0.201. The Kier molecular flexibility index (Phi) is 7.85. The lowest BCUT2D eigenvalue weighted by atomic mass is 9.36. The highest BCUT2D eigenvalue weighted by Gasteiger charge is 2.70. The second-order valence-corrected chi connectivity index (χ2v) is 14.5. The first-order chi connectivity index (χ1) is 17.2. The molecule has 0 spiro atoms. The van der Waals surface area contributed by atoms with Crippen LogP contribution in [-0.2, 0) is 14.3 Å².